The van der Waals surface area contributed by atoms with E-state index in [1.54, 1.807) is 48.5 Å². The highest BCUT2D eigenvalue weighted by atomic mass is 16.5. The molecule has 3 aromatic carbocycles. The number of hydrogen-bond donors (Lipinski definition) is 0. The van der Waals surface area contributed by atoms with E-state index in [0.29, 0.717) is 30.2 Å². The van der Waals surface area contributed by atoms with Crippen molar-refractivity contribution in [3.63, 3.8) is 0 Å². The Balaban J connectivity index is 1.46. The quantitative estimate of drug-likeness (QED) is 0.102. The van der Waals surface area contributed by atoms with Crippen molar-refractivity contribution in [3.05, 3.63) is 78.4 Å². The molecule has 0 N–H and O–H groups in total. The number of esters is 1. The lowest BCUT2D eigenvalue weighted by molar-refractivity contribution is 0.0734. The minimum Gasteiger partial charge on any atom is -0.494 e. The summed E-state index contributed by atoms with van der Waals surface area (Å²) in [6, 6.07) is 21.4. The third-order valence-electron chi connectivity index (χ3n) is 5.29. The summed E-state index contributed by atoms with van der Waals surface area (Å²) in [5, 5.41) is 8.49. The number of nitrogens with zero attached hydrogens (tertiary/aromatic N) is 2. The van der Waals surface area contributed by atoms with Crippen LogP contribution in [0.15, 0.2) is 83.0 Å². The van der Waals surface area contributed by atoms with Crippen LogP contribution in [0.3, 0.4) is 0 Å². The van der Waals surface area contributed by atoms with Gasteiger partial charge in [-0.1, -0.05) is 39.5 Å². The zero-order valence-electron chi connectivity index (χ0n) is 20.6. The molecule has 0 aliphatic carbocycles. The van der Waals surface area contributed by atoms with Gasteiger partial charge in [0.05, 0.1) is 30.2 Å². The largest absolute Gasteiger partial charge is 0.494 e. The fourth-order valence-corrected chi connectivity index (χ4v) is 3.21. The fourth-order valence-electron chi connectivity index (χ4n) is 3.21. The van der Waals surface area contributed by atoms with E-state index >= 15 is 0 Å². The Bertz CT molecular complexity index is 1050. The van der Waals surface area contributed by atoms with Crippen LogP contribution in [0.25, 0.3) is 0 Å². The summed E-state index contributed by atoms with van der Waals surface area (Å²) in [6.07, 6.45) is 6.77. The van der Waals surface area contributed by atoms with E-state index in [2.05, 4.69) is 24.1 Å². The molecular formula is C29H34N2O4. The second-order valence-corrected chi connectivity index (χ2v) is 8.21. The summed E-state index contributed by atoms with van der Waals surface area (Å²) in [5.41, 5.74) is 1.86. The van der Waals surface area contributed by atoms with Gasteiger partial charge in [-0.3, -0.25) is 0 Å². The van der Waals surface area contributed by atoms with E-state index in [1.807, 2.05) is 24.3 Å². The van der Waals surface area contributed by atoms with Crippen LogP contribution in [-0.2, 0) is 0 Å². The Morgan fingerprint density at radius 1 is 0.600 bits per heavy atom. The van der Waals surface area contributed by atoms with Crippen molar-refractivity contribution in [2.75, 3.05) is 13.2 Å². The van der Waals surface area contributed by atoms with E-state index in [9.17, 15) is 4.79 Å². The van der Waals surface area contributed by atoms with E-state index < -0.39 is 5.97 Å². The number of rotatable bonds is 14. The number of benzene rings is 3. The summed E-state index contributed by atoms with van der Waals surface area (Å²) in [7, 11) is 0. The molecule has 0 aliphatic heterocycles. The van der Waals surface area contributed by atoms with Crippen molar-refractivity contribution < 1.29 is 19.0 Å². The predicted molar refractivity (Wildman–Crippen MR) is 139 cm³/mol. The third kappa shape index (κ3) is 9.24. The number of carbonyl (C=O) groups is 1. The first-order valence-electron chi connectivity index (χ1n) is 12.4. The van der Waals surface area contributed by atoms with Gasteiger partial charge >= 0.3 is 5.97 Å². The lowest BCUT2D eigenvalue weighted by atomic mass is 10.2. The molecule has 0 unspecified atom stereocenters. The highest BCUT2D eigenvalue weighted by Crippen LogP contribution is 2.24. The maximum atomic E-state index is 12.4. The van der Waals surface area contributed by atoms with Gasteiger partial charge in [0, 0.05) is 0 Å². The standard InChI is InChI=1S/C29H34N2O4/c1-3-5-7-8-22-34-26-15-9-23(10-16-26)29(32)35-28-19-13-25(14-20-28)31-30-24-11-17-27(18-12-24)33-21-6-4-2/h9-20H,3-8,21-22H2,1-2H3. The molecular weight excluding hydrogens is 440 g/mol. The summed E-state index contributed by atoms with van der Waals surface area (Å²) < 4.78 is 16.8. The Morgan fingerprint density at radius 3 is 1.63 bits per heavy atom. The number of unbranched alkanes of at least 4 members (excludes halogenated alkanes) is 4. The molecule has 0 radical (unpaired) electrons. The first kappa shape index (κ1) is 25.9. The van der Waals surface area contributed by atoms with Crippen LogP contribution in [-0.4, -0.2) is 19.2 Å². The first-order chi connectivity index (χ1) is 17.2. The van der Waals surface area contributed by atoms with E-state index in [4.69, 9.17) is 14.2 Å². The minimum absolute atomic E-state index is 0.421. The summed E-state index contributed by atoms with van der Waals surface area (Å²) in [5.74, 6) is 1.61. The van der Waals surface area contributed by atoms with Crippen molar-refractivity contribution in [1.29, 1.82) is 0 Å². The molecule has 0 aliphatic rings. The second-order valence-electron chi connectivity index (χ2n) is 8.21. The SMILES string of the molecule is CCCCCCOc1ccc(C(=O)Oc2ccc(N=Nc3ccc(OCCCC)cc3)cc2)cc1. The van der Waals surface area contributed by atoms with Crippen molar-refractivity contribution in [1.82, 2.24) is 0 Å². The molecule has 6 nitrogen and oxygen atoms in total. The Kier molecular flexibility index (Phi) is 10.8. The number of carbonyl (C=O) groups excluding carboxylic acids is 1. The maximum Gasteiger partial charge on any atom is 0.343 e. The van der Waals surface area contributed by atoms with Crippen LogP contribution in [0.1, 0.15) is 62.7 Å². The third-order valence-corrected chi connectivity index (χ3v) is 5.29. The smallest absolute Gasteiger partial charge is 0.343 e. The van der Waals surface area contributed by atoms with Crippen LogP contribution < -0.4 is 14.2 Å². The monoisotopic (exact) mass is 474 g/mol. The zero-order chi connectivity index (χ0) is 24.7. The Morgan fingerprint density at radius 2 is 1.09 bits per heavy atom. The molecule has 3 aromatic rings. The van der Waals surface area contributed by atoms with E-state index in [-0.39, 0.29) is 0 Å². The average Bonchev–Trinajstić information content (AvgIpc) is 2.89. The van der Waals surface area contributed by atoms with Gasteiger partial charge in [0.1, 0.15) is 17.2 Å². The Hall–Kier alpha value is -3.67. The molecule has 0 heterocycles. The van der Waals surface area contributed by atoms with Gasteiger partial charge in [0.15, 0.2) is 0 Å². The molecule has 0 fully saturated rings. The van der Waals surface area contributed by atoms with Gasteiger partial charge in [0.2, 0.25) is 0 Å². The number of hydrogen-bond acceptors (Lipinski definition) is 6. The van der Waals surface area contributed by atoms with Crippen LogP contribution in [0.2, 0.25) is 0 Å². The van der Waals surface area contributed by atoms with Crippen LogP contribution in [0.4, 0.5) is 11.4 Å². The highest BCUT2D eigenvalue weighted by molar-refractivity contribution is 5.91. The molecule has 0 bridgehead atoms. The van der Waals surface area contributed by atoms with Gasteiger partial charge in [-0.05, 0) is 85.6 Å². The van der Waals surface area contributed by atoms with Crippen LogP contribution >= 0.6 is 0 Å². The van der Waals surface area contributed by atoms with Crippen molar-refractivity contribution >= 4 is 17.3 Å². The molecule has 0 saturated carbocycles. The first-order valence-corrected chi connectivity index (χ1v) is 12.4. The fraction of sp³-hybridized carbons (Fsp3) is 0.345. The number of ether oxygens (including phenoxy) is 3. The summed E-state index contributed by atoms with van der Waals surface area (Å²) >= 11 is 0. The van der Waals surface area contributed by atoms with Gasteiger partial charge in [-0.2, -0.15) is 10.2 Å². The summed E-state index contributed by atoms with van der Waals surface area (Å²) in [4.78, 5) is 12.4. The van der Waals surface area contributed by atoms with Gasteiger partial charge in [-0.25, -0.2) is 4.79 Å². The highest BCUT2D eigenvalue weighted by Gasteiger charge is 2.09. The molecule has 0 saturated heterocycles. The molecule has 35 heavy (non-hydrogen) atoms. The summed E-state index contributed by atoms with van der Waals surface area (Å²) in [6.45, 7) is 5.72. The van der Waals surface area contributed by atoms with Gasteiger partial charge in [-0.15, -0.1) is 0 Å². The van der Waals surface area contributed by atoms with Crippen molar-refractivity contribution in [3.8, 4) is 17.2 Å². The van der Waals surface area contributed by atoms with Crippen LogP contribution in [0, 0.1) is 0 Å². The second kappa shape index (κ2) is 14.6. The predicted octanol–water partition coefficient (Wildman–Crippen LogP) is 8.46. The average molecular weight is 475 g/mol. The molecule has 184 valence electrons. The lowest BCUT2D eigenvalue weighted by Crippen LogP contribution is -2.08. The minimum atomic E-state index is -0.421. The maximum absolute atomic E-state index is 12.4. The molecule has 0 atom stereocenters. The molecule has 0 aromatic heterocycles. The zero-order valence-corrected chi connectivity index (χ0v) is 20.6. The molecule has 3 rings (SSSR count). The normalized spacial score (nSPS) is 10.9. The van der Waals surface area contributed by atoms with E-state index in [1.165, 1.54) is 19.3 Å². The van der Waals surface area contributed by atoms with Crippen molar-refractivity contribution in [2.24, 2.45) is 10.2 Å². The Labute approximate surface area is 208 Å². The molecule has 6 heteroatoms. The lowest BCUT2D eigenvalue weighted by Gasteiger charge is -2.07. The number of azo groups is 1. The molecule has 0 spiro atoms. The van der Waals surface area contributed by atoms with E-state index in [0.717, 1.165) is 36.4 Å². The van der Waals surface area contributed by atoms with Gasteiger partial charge < -0.3 is 14.2 Å². The topological polar surface area (TPSA) is 69.5 Å². The van der Waals surface area contributed by atoms with Gasteiger partial charge in [0.25, 0.3) is 0 Å². The van der Waals surface area contributed by atoms with Crippen LogP contribution in [0.5, 0.6) is 17.2 Å². The molecule has 0 amide bonds. The van der Waals surface area contributed by atoms with Crippen molar-refractivity contribution in [2.45, 2.75) is 52.4 Å².